The maximum atomic E-state index is 15.1. The molecular weight excluding hydrogens is 1680 g/mol. The van der Waals surface area contributed by atoms with E-state index in [2.05, 4.69) is 133 Å². The summed E-state index contributed by atoms with van der Waals surface area (Å²) < 4.78 is 38.6. The van der Waals surface area contributed by atoms with Gasteiger partial charge in [0.1, 0.15) is 62.5 Å². The number of rotatable bonds is 18. The standard InChI is InChI=1S/C122H72N6O8/c129-121(83-63-79(91-25-5-1-21-87(91)75-49-57-107(123-68-75)103-37-17-33-99-95-29-9-13-41-113(95)133-117(99)103)61-80(64-83)92-26-6-2-22-88(92)76-50-58-108(124-69-76)104-38-18-34-100-96-30-10-14-42-114(96)134-118(100)104)131-85-53-45-73(46-54-85)111-67-112(128-72-127-111)74-47-55-86(56-48-74)132-122(130)84-65-81(93-27-7-3-23-89(93)77-51-59-109(125-70-77)105-39-19-35-101-97-31-11-15-43-115(97)135-119(101)105)62-82(66-84)94-28-8-4-24-90(94)78-52-60-110(126-71-78)106-40-20-36-102-98-32-12-16-44-116(98)136-120(102)106/h1-72H. The zero-order valence-corrected chi connectivity index (χ0v) is 72.5. The third-order valence-corrected chi connectivity index (χ3v) is 25.7. The Morgan fingerprint density at radius 3 is 0.669 bits per heavy atom. The van der Waals surface area contributed by atoms with Gasteiger partial charge in [0.15, 0.2) is 0 Å². The average molecular weight is 1750 g/mol. The summed E-state index contributed by atoms with van der Waals surface area (Å²) in [4.78, 5) is 60.1. The summed E-state index contributed by atoms with van der Waals surface area (Å²) in [6.45, 7) is 0. The van der Waals surface area contributed by atoms with E-state index in [0.717, 1.165) is 233 Å². The second-order valence-corrected chi connectivity index (χ2v) is 33.7. The lowest BCUT2D eigenvalue weighted by atomic mass is 9.89. The van der Waals surface area contributed by atoms with Crippen LogP contribution in [0.3, 0.4) is 0 Å². The predicted molar refractivity (Wildman–Crippen MR) is 541 cm³/mol. The van der Waals surface area contributed by atoms with E-state index in [1.54, 1.807) is 24.3 Å². The SMILES string of the molecule is O=C(Oc1ccc(-c2cc(-c3ccc(OC(=O)c4cc(-c5ccccc5-c5ccc(-c6cccc7c6oc6ccccc67)nc5)cc(-c5ccccc5-c5ccc(-c6cccc7c6oc6ccccc67)nc5)c4)cc3)ncn2)cc1)c1cc(-c2ccccc2-c2ccc(-c3cccc4c3oc3ccccc34)nc2)cc(-c2ccccc2-c2ccc(-c3cccc4c3oc3ccccc34)nc2)c1. The van der Waals surface area contributed by atoms with Crippen LogP contribution in [0.4, 0.5) is 0 Å². The van der Waals surface area contributed by atoms with E-state index in [1.807, 2.05) is 274 Å². The van der Waals surface area contributed by atoms with Crippen molar-refractivity contribution in [1.82, 2.24) is 29.9 Å². The van der Waals surface area contributed by atoms with Crippen LogP contribution < -0.4 is 9.47 Å². The van der Waals surface area contributed by atoms with Crippen LogP contribution in [0.2, 0.25) is 0 Å². The summed E-state index contributed by atoms with van der Waals surface area (Å²) in [6, 6.07) is 134. The molecule has 0 fully saturated rings. The van der Waals surface area contributed by atoms with Gasteiger partial charge in [-0.1, -0.05) is 243 Å². The summed E-state index contributed by atoms with van der Waals surface area (Å²) in [5.74, 6) is -0.456. The van der Waals surface area contributed by atoms with Crippen LogP contribution in [0.1, 0.15) is 20.7 Å². The zero-order chi connectivity index (χ0) is 90.3. The van der Waals surface area contributed by atoms with Crippen LogP contribution in [-0.4, -0.2) is 41.8 Å². The molecule has 136 heavy (non-hydrogen) atoms. The van der Waals surface area contributed by atoms with E-state index in [0.29, 0.717) is 34.0 Å². The number of fused-ring (bicyclic) bond motifs is 12. The van der Waals surface area contributed by atoms with Crippen LogP contribution >= 0.6 is 0 Å². The molecule has 25 rings (SSSR count). The van der Waals surface area contributed by atoms with Crippen molar-refractivity contribution in [2.24, 2.45) is 0 Å². The molecule has 0 N–H and O–H groups in total. The first-order chi connectivity index (χ1) is 67.2. The van der Waals surface area contributed by atoms with E-state index in [1.165, 1.54) is 6.33 Å². The topological polar surface area (TPSA) is 182 Å². The Bertz CT molecular complexity index is 8110. The van der Waals surface area contributed by atoms with Crippen LogP contribution in [0.25, 0.3) is 244 Å². The Balaban J connectivity index is 0.503. The normalized spacial score (nSPS) is 11.6. The summed E-state index contributed by atoms with van der Waals surface area (Å²) in [5, 5.41) is 8.30. The van der Waals surface area contributed by atoms with Crippen LogP contribution in [-0.2, 0) is 0 Å². The molecule has 0 saturated heterocycles. The summed E-state index contributed by atoms with van der Waals surface area (Å²) in [5.41, 5.74) is 30.4. The van der Waals surface area contributed by atoms with Gasteiger partial charge in [-0.2, -0.15) is 0 Å². The monoisotopic (exact) mass is 1750 g/mol. The van der Waals surface area contributed by atoms with E-state index in [-0.39, 0.29) is 0 Å². The Hall–Kier alpha value is -18.7. The molecule has 0 aliphatic heterocycles. The minimum absolute atomic E-state index is 0.329. The molecule has 0 unspecified atom stereocenters. The van der Waals surface area contributed by atoms with Crippen molar-refractivity contribution in [3.63, 3.8) is 0 Å². The van der Waals surface area contributed by atoms with E-state index in [9.17, 15) is 0 Å². The minimum Gasteiger partial charge on any atom is -0.455 e. The Kier molecular flexibility index (Phi) is 19.5. The highest BCUT2D eigenvalue weighted by molar-refractivity contribution is 6.14. The van der Waals surface area contributed by atoms with Crippen LogP contribution in [0.15, 0.2) is 455 Å². The molecule has 25 aromatic rings. The van der Waals surface area contributed by atoms with Crippen molar-refractivity contribution < 1.29 is 36.7 Å². The van der Waals surface area contributed by atoms with E-state index in [4.69, 9.17) is 57.0 Å². The van der Waals surface area contributed by atoms with Crippen molar-refractivity contribution in [2.75, 3.05) is 0 Å². The molecule has 16 aromatic carbocycles. The summed E-state index contributed by atoms with van der Waals surface area (Å²) >= 11 is 0. The lowest BCUT2D eigenvalue weighted by molar-refractivity contribution is 0.0725. The number of ether oxygens (including phenoxy) is 2. The van der Waals surface area contributed by atoms with Gasteiger partial charge in [-0.05, 0) is 231 Å². The number of benzene rings is 16. The first kappa shape index (κ1) is 79.5. The molecule has 9 heterocycles. The Morgan fingerprint density at radius 1 is 0.184 bits per heavy atom. The molecule has 0 spiro atoms. The van der Waals surface area contributed by atoms with Gasteiger partial charge in [0.25, 0.3) is 0 Å². The summed E-state index contributed by atoms with van der Waals surface area (Å²) in [6.07, 6.45) is 9.11. The molecule has 9 aromatic heterocycles. The third-order valence-electron chi connectivity index (χ3n) is 25.7. The van der Waals surface area contributed by atoms with Crippen molar-refractivity contribution in [3.8, 4) is 168 Å². The van der Waals surface area contributed by atoms with Gasteiger partial charge in [-0.3, -0.25) is 19.9 Å². The molecule has 0 aliphatic rings. The van der Waals surface area contributed by atoms with Crippen molar-refractivity contribution in [3.05, 3.63) is 449 Å². The smallest absolute Gasteiger partial charge is 0.343 e. The lowest BCUT2D eigenvalue weighted by Crippen LogP contribution is -2.09. The maximum Gasteiger partial charge on any atom is 0.343 e. The molecule has 638 valence electrons. The molecule has 0 aliphatic carbocycles. The fourth-order valence-corrected chi connectivity index (χ4v) is 19.1. The van der Waals surface area contributed by atoms with Crippen molar-refractivity contribution in [2.45, 2.75) is 0 Å². The first-order valence-corrected chi connectivity index (χ1v) is 44.8. The summed E-state index contributed by atoms with van der Waals surface area (Å²) in [7, 11) is 0. The predicted octanol–water partition coefficient (Wildman–Crippen LogP) is 31.4. The molecule has 0 atom stereocenters. The van der Waals surface area contributed by atoms with Gasteiger partial charge in [-0.15, -0.1) is 0 Å². The zero-order valence-electron chi connectivity index (χ0n) is 72.5. The maximum absolute atomic E-state index is 15.1. The Labute approximate surface area is 778 Å². The van der Waals surface area contributed by atoms with Gasteiger partial charge in [-0.25, -0.2) is 19.6 Å². The molecule has 0 saturated carbocycles. The number of aromatic nitrogens is 6. The van der Waals surface area contributed by atoms with Crippen LogP contribution in [0.5, 0.6) is 11.5 Å². The van der Waals surface area contributed by atoms with Gasteiger partial charge >= 0.3 is 11.9 Å². The molecule has 0 radical (unpaired) electrons. The second kappa shape index (κ2) is 33.4. The fourth-order valence-electron chi connectivity index (χ4n) is 19.1. The third kappa shape index (κ3) is 14.4. The number of esters is 2. The number of nitrogens with zero attached hydrogens (tertiary/aromatic N) is 6. The molecule has 0 bridgehead atoms. The van der Waals surface area contributed by atoms with Crippen LogP contribution in [0, 0.1) is 0 Å². The molecular formula is C122H72N6O8. The van der Waals surface area contributed by atoms with Gasteiger partial charge in [0.05, 0.1) is 45.3 Å². The molecule has 14 nitrogen and oxygen atoms in total. The lowest BCUT2D eigenvalue weighted by Gasteiger charge is -2.16. The number of hydrogen-bond acceptors (Lipinski definition) is 14. The van der Waals surface area contributed by atoms with E-state index < -0.39 is 11.9 Å². The number of pyridine rings is 4. The largest absolute Gasteiger partial charge is 0.455 e. The number of para-hydroxylation sites is 8. The number of hydrogen-bond donors (Lipinski definition) is 0. The number of carbonyl (C=O) groups excluding carboxylic acids is 2. The van der Waals surface area contributed by atoms with Crippen molar-refractivity contribution in [1.29, 1.82) is 0 Å². The van der Waals surface area contributed by atoms with Crippen molar-refractivity contribution >= 4 is 99.7 Å². The quantitative estimate of drug-likeness (QED) is 0.0584. The fraction of sp³-hybridized carbons (Fsp3) is 0. The van der Waals surface area contributed by atoms with E-state index >= 15 is 9.59 Å². The van der Waals surface area contributed by atoms with Gasteiger partial charge < -0.3 is 27.1 Å². The van der Waals surface area contributed by atoms with Gasteiger partial charge in [0, 0.05) is 124 Å². The average Bonchev–Trinajstić information content (AvgIpc) is 1.58. The first-order valence-electron chi connectivity index (χ1n) is 44.8. The number of carbonyl (C=O) groups is 2. The van der Waals surface area contributed by atoms with Gasteiger partial charge in [0.2, 0.25) is 0 Å². The Morgan fingerprint density at radius 2 is 0.412 bits per heavy atom. The molecule has 0 amide bonds. The highest BCUT2D eigenvalue weighted by Crippen LogP contribution is 2.47. The molecule has 14 heteroatoms. The number of furan rings is 4. The second-order valence-electron chi connectivity index (χ2n) is 33.7. The highest BCUT2D eigenvalue weighted by atomic mass is 16.5. The minimum atomic E-state index is -0.557. The highest BCUT2D eigenvalue weighted by Gasteiger charge is 2.25.